The molecule has 1 aromatic rings. The predicted octanol–water partition coefficient (Wildman–Crippen LogP) is 2.88. The second-order valence-electron chi connectivity index (χ2n) is 5.43. The number of nitrogens with one attached hydrogen (secondary N) is 1. The number of methoxy groups -OCH3 is 1. The standard InChI is InChI=1S/C15H21ClN2O2/c1-18(2)15(19)12-7-6-11(16)8-13(12)17-14(9-20-3)10-4-5-10/h6-8,10,14,17H,4-5,9H2,1-3H3. The molecule has 1 N–H and O–H groups in total. The van der Waals surface area contributed by atoms with Crippen molar-refractivity contribution < 1.29 is 9.53 Å². The van der Waals surface area contributed by atoms with Crippen molar-refractivity contribution in [2.24, 2.45) is 5.92 Å². The molecule has 1 unspecified atom stereocenters. The quantitative estimate of drug-likeness (QED) is 0.877. The van der Waals surface area contributed by atoms with Crippen molar-refractivity contribution in [3.8, 4) is 0 Å². The predicted molar refractivity (Wildman–Crippen MR) is 81.5 cm³/mol. The molecule has 1 fully saturated rings. The molecular formula is C15H21ClN2O2. The van der Waals surface area contributed by atoms with Gasteiger partial charge < -0.3 is 15.0 Å². The first-order valence-corrected chi connectivity index (χ1v) is 7.17. The van der Waals surface area contributed by atoms with Crippen LogP contribution in [0.5, 0.6) is 0 Å². The number of amides is 1. The Morgan fingerprint density at radius 1 is 1.50 bits per heavy atom. The molecule has 2 rings (SSSR count). The summed E-state index contributed by atoms with van der Waals surface area (Å²) in [5.74, 6) is 0.590. The number of hydrogen-bond acceptors (Lipinski definition) is 3. The third-order valence-corrected chi connectivity index (χ3v) is 3.73. The molecular weight excluding hydrogens is 276 g/mol. The second-order valence-corrected chi connectivity index (χ2v) is 5.87. The normalized spacial score (nSPS) is 15.8. The molecule has 1 aromatic carbocycles. The number of carbonyl (C=O) groups is 1. The summed E-state index contributed by atoms with van der Waals surface area (Å²) in [6.45, 7) is 0.632. The highest BCUT2D eigenvalue weighted by atomic mass is 35.5. The van der Waals surface area contributed by atoms with Crippen LogP contribution in [0.25, 0.3) is 0 Å². The van der Waals surface area contributed by atoms with E-state index in [0.29, 0.717) is 23.1 Å². The number of hydrogen-bond donors (Lipinski definition) is 1. The van der Waals surface area contributed by atoms with Crippen LogP contribution in [0.2, 0.25) is 5.02 Å². The van der Waals surface area contributed by atoms with Gasteiger partial charge in [-0.15, -0.1) is 0 Å². The number of anilines is 1. The average molecular weight is 297 g/mol. The molecule has 1 aliphatic carbocycles. The topological polar surface area (TPSA) is 41.6 Å². The Balaban J connectivity index is 2.24. The lowest BCUT2D eigenvalue weighted by Crippen LogP contribution is -2.29. The van der Waals surface area contributed by atoms with Gasteiger partial charge in [0, 0.05) is 31.9 Å². The lowest BCUT2D eigenvalue weighted by Gasteiger charge is -2.22. The summed E-state index contributed by atoms with van der Waals surface area (Å²) < 4.78 is 5.26. The van der Waals surface area contributed by atoms with Crippen molar-refractivity contribution in [1.29, 1.82) is 0 Å². The minimum absolute atomic E-state index is 0.0314. The van der Waals surface area contributed by atoms with E-state index >= 15 is 0 Å². The van der Waals surface area contributed by atoms with Gasteiger partial charge in [-0.2, -0.15) is 0 Å². The Morgan fingerprint density at radius 2 is 2.20 bits per heavy atom. The van der Waals surface area contributed by atoms with Crippen LogP contribution in [-0.4, -0.2) is 44.7 Å². The minimum atomic E-state index is -0.0314. The summed E-state index contributed by atoms with van der Waals surface area (Å²) in [5, 5.41) is 4.05. The highest BCUT2D eigenvalue weighted by Gasteiger charge is 2.31. The third-order valence-electron chi connectivity index (χ3n) is 3.50. The van der Waals surface area contributed by atoms with Gasteiger partial charge >= 0.3 is 0 Å². The van der Waals surface area contributed by atoms with Gasteiger partial charge in [0.05, 0.1) is 18.2 Å². The number of benzene rings is 1. The summed E-state index contributed by atoms with van der Waals surface area (Å²) in [4.78, 5) is 13.8. The summed E-state index contributed by atoms with van der Waals surface area (Å²) in [7, 11) is 5.18. The molecule has 0 spiro atoms. The smallest absolute Gasteiger partial charge is 0.255 e. The lowest BCUT2D eigenvalue weighted by molar-refractivity contribution is 0.0828. The second kappa shape index (κ2) is 6.46. The van der Waals surface area contributed by atoms with Gasteiger partial charge in [0.1, 0.15) is 0 Å². The summed E-state index contributed by atoms with van der Waals surface area (Å²) >= 11 is 6.06. The van der Waals surface area contributed by atoms with Gasteiger partial charge in [0.25, 0.3) is 5.91 Å². The van der Waals surface area contributed by atoms with E-state index in [9.17, 15) is 4.79 Å². The molecule has 110 valence electrons. The van der Waals surface area contributed by atoms with E-state index in [1.807, 2.05) is 6.07 Å². The molecule has 0 saturated heterocycles. The maximum atomic E-state index is 12.2. The molecule has 1 saturated carbocycles. The molecule has 1 amide bonds. The minimum Gasteiger partial charge on any atom is -0.383 e. The maximum Gasteiger partial charge on any atom is 0.255 e. The lowest BCUT2D eigenvalue weighted by atomic mass is 10.1. The van der Waals surface area contributed by atoms with Gasteiger partial charge in [0.15, 0.2) is 0 Å². The van der Waals surface area contributed by atoms with E-state index < -0.39 is 0 Å². The molecule has 0 aliphatic heterocycles. The molecule has 0 radical (unpaired) electrons. The monoisotopic (exact) mass is 296 g/mol. The zero-order chi connectivity index (χ0) is 14.7. The largest absolute Gasteiger partial charge is 0.383 e. The van der Waals surface area contributed by atoms with E-state index in [4.69, 9.17) is 16.3 Å². The van der Waals surface area contributed by atoms with Crippen molar-refractivity contribution in [3.63, 3.8) is 0 Å². The number of halogens is 1. The summed E-state index contributed by atoms with van der Waals surface area (Å²) in [6.07, 6.45) is 2.41. The fourth-order valence-corrected chi connectivity index (χ4v) is 2.41. The van der Waals surface area contributed by atoms with Gasteiger partial charge in [-0.1, -0.05) is 11.6 Å². The van der Waals surface area contributed by atoms with Crippen molar-refractivity contribution in [1.82, 2.24) is 4.90 Å². The van der Waals surface area contributed by atoms with Crippen LogP contribution in [0.4, 0.5) is 5.69 Å². The first kappa shape index (κ1) is 15.1. The van der Waals surface area contributed by atoms with E-state index in [2.05, 4.69) is 5.32 Å². The van der Waals surface area contributed by atoms with Crippen LogP contribution in [-0.2, 0) is 4.74 Å². The SMILES string of the molecule is COCC(Nc1cc(Cl)ccc1C(=O)N(C)C)C1CC1. The van der Waals surface area contributed by atoms with Crippen LogP contribution in [0.15, 0.2) is 18.2 Å². The van der Waals surface area contributed by atoms with E-state index in [1.165, 1.54) is 12.8 Å². The van der Waals surface area contributed by atoms with Crippen molar-refractivity contribution in [2.45, 2.75) is 18.9 Å². The molecule has 4 nitrogen and oxygen atoms in total. The zero-order valence-corrected chi connectivity index (χ0v) is 12.9. The number of carbonyl (C=O) groups excluding carboxylic acids is 1. The Bertz CT molecular complexity index is 487. The average Bonchev–Trinajstić information content (AvgIpc) is 3.22. The van der Waals surface area contributed by atoms with Crippen molar-refractivity contribution in [2.75, 3.05) is 33.1 Å². The molecule has 5 heteroatoms. The van der Waals surface area contributed by atoms with Crippen LogP contribution < -0.4 is 5.32 Å². The van der Waals surface area contributed by atoms with E-state index in [0.717, 1.165) is 5.69 Å². The summed E-state index contributed by atoms with van der Waals surface area (Å²) in [5.41, 5.74) is 1.42. The van der Waals surface area contributed by atoms with Crippen LogP contribution in [0.1, 0.15) is 23.2 Å². The van der Waals surface area contributed by atoms with Gasteiger partial charge in [-0.05, 0) is 37.0 Å². The molecule has 1 aliphatic rings. The number of nitrogens with zero attached hydrogens (tertiary/aromatic N) is 1. The molecule has 0 aromatic heterocycles. The van der Waals surface area contributed by atoms with Crippen LogP contribution in [0, 0.1) is 5.92 Å². The molecule has 1 atom stereocenters. The number of rotatable bonds is 6. The first-order valence-electron chi connectivity index (χ1n) is 6.79. The Kier molecular flexibility index (Phi) is 4.89. The van der Waals surface area contributed by atoms with E-state index in [-0.39, 0.29) is 11.9 Å². The highest BCUT2D eigenvalue weighted by molar-refractivity contribution is 6.31. The van der Waals surface area contributed by atoms with Crippen molar-refractivity contribution in [3.05, 3.63) is 28.8 Å². The Labute approximate surface area is 125 Å². The van der Waals surface area contributed by atoms with Gasteiger partial charge in [0.2, 0.25) is 0 Å². The molecule has 0 bridgehead atoms. The van der Waals surface area contributed by atoms with Gasteiger partial charge in [-0.3, -0.25) is 4.79 Å². The zero-order valence-electron chi connectivity index (χ0n) is 12.1. The van der Waals surface area contributed by atoms with Gasteiger partial charge in [-0.25, -0.2) is 0 Å². The van der Waals surface area contributed by atoms with Crippen molar-refractivity contribution >= 4 is 23.2 Å². The molecule has 0 heterocycles. The Hall–Kier alpha value is -1.26. The Morgan fingerprint density at radius 3 is 2.75 bits per heavy atom. The van der Waals surface area contributed by atoms with E-state index in [1.54, 1.807) is 38.2 Å². The number of ether oxygens (including phenoxy) is 1. The fraction of sp³-hybridized carbons (Fsp3) is 0.533. The third kappa shape index (κ3) is 3.64. The van der Waals surface area contributed by atoms with Crippen LogP contribution >= 0.6 is 11.6 Å². The van der Waals surface area contributed by atoms with Crippen LogP contribution in [0.3, 0.4) is 0 Å². The summed E-state index contributed by atoms with van der Waals surface area (Å²) in [6, 6.07) is 5.55. The first-order chi connectivity index (χ1) is 9.52. The maximum absolute atomic E-state index is 12.2. The fourth-order valence-electron chi connectivity index (χ4n) is 2.24. The molecule has 20 heavy (non-hydrogen) atoms. The highest BCUT2D eigenvalue weighted by Crippen LogP contribution is 2.35.